The second kappa shape index (κ2) is 6.81. The molecule has 0 saturated carbocycles. The number of hydrogen-bond acceptors (Lipinski definition) is 4. The predicted octanol–water partition coefficient (Wildman–Crippen LogP) is 1.67. The van der Waals surface area contributed by atoms with Crippen LogP contribution in [0.15, 0.2) is 42.6 Å². The number of methoxy groups -OCH3 is 1. The lowest BCUT2D eigenvalue weighted by molar-refractivity contribution is 0.0590. The number of rotatable bonds is 3. The number of nitrogens with one attached hydrogen (secondary N) is 2. The molecule has 1 aromatic carbocycles. The van der Waals surface area contributed by atoms with Crippen LogP contribution in [0.25, 0.3) is 0 Å². The van der Waals surface area contributed by atoms with Crippen molar-refractivity contribution in [3.63, 3.8) is 0 Å². The van der Waals surface area contributed by atoms with Crippen molar-refractivity contribution >= 4 is 29.2 Å². The molecule has 2 aromatic rings. The third kappa shape index (κ3) is 3.67. The summed E-state index contributed by atoms with van der Waals surface area (Å²) in [6.07, 6.45) is 1.01. The minimum Gasteiger partial charge on any atom is -0.464 e. The normalized spacial score (nSPS) is 9.91. The molecule has 2 rings (SSSR count). The molecule has 0 aliphatic heterocycles. The standard InChI is InChI=1S/C14H12FN3O3S/c1-21-13(20)11-7-10(15)8-18(11)17-14(22)16-12(19)9-5-3-2-4-6-9/h2-8H,1H3,(H2,16,17,19,22). The van der Waals surface area contributed by atoms with Crippen molar-refractivity contribution in [1.82, 2.24) is 9.99 Å². The zero-order valence-electron chi connectivity index (χ0n) is 11.5. The van der Waals surface area contributed by atoms with Gasteiger partial charge in [-0.3, -0.25) is 20.2 Å². The van der Waals surface area contributed by atoms with Gasteiger partial charge in [-0.2, -0.15) is 0 Å². The van der Waals surface area contributed by atoms with E-state index in [4.69, 9.17) is 12.2 Å². The topological polar surface area (TPSA) is 72.4 Å². The number of carbonyl (C=O) groups is 2. The largest absolute Gasteiger partial charge is 0.464 e. The van der Waals surface area contributed by atoms with Crippen LogP contribution in [0, 0.1) is 5.82 Å². The van der Waals surface area contributed by atoms with E-state index in [0.717, 1.165) is 16.9 Å². The van der Waals surface area contributed by atoms with Gasteiger partial charge >= 0.3 is 5.97 Å². The zero-order chi connectivity index (χ0) is 16.1. The number of esters is 1. The maximum atomic E-state index is 13.3. The van der Waals surface area contributed by atoms with Crippen molar-refractivity contribution in [2.45, 2.75) is 0 Å². The lowest BCUT2D eigenvalue weighted by Crippen LogP contribution is -2.38. The van der Waals surface area contributed by atoms with Gasteiger partial charge in [-0.05, 0) is 24.4 Å². The van der Waals surface area contributed by atoms with E-state index in [1.807, 2.05) is 0 Å². The van der Waals surface area contributed by atoms with Crippen LogP contribution in [0.5, 0.6) is 0 Å². The maximum absolute atomic E-state index is 13.3. The average Bonchev–Trinajstić information content (AvgIpc) is 2.87. The van der Waals surface area contributed by atoms with Gasteiger partial charge in [0.2, 0.25) is 0 Å². The monoisotopic (exact) mass is 321 g/mol. The third-order valence-electron chi connectivity index (χ3n) is 2.67. The summed E-state index contributed by atoms with van der Waals surface area (Å²) < 4.78 is 18.8. The summed E-state index contributed by atoms with van der Waals surface area (Å²) in [7, 11) is 1.17. The molecule has 22 heavy (non-hydrogen) atoms. The molecule has 1 amide bonds. The zero-order valence-corrected chi connectivity index (χ0v) is 12.3. The number of halogens is 1. The smallest absolute Gasteiger partial charge is 0.356 e. The fraction of sp³-hybridized carbons (Fsp3) is 0.0714. The van der Waals surface area contributed by atoms with Crippen molar-refractivity contribution in [2.24, 2.45) is 0 Å². The van der Waals surface area contributed by atoms with Crippen molar-refractivity contribution < 1.29 is 18.7 Å². The van der Waals surface area contributed by atoms with Gasteiger partial charge in [-0.25, -0.2) is 9.18 Å². The van der Waals surface area contributed by atoms with Crippen molar-refractivity contribution in [3.05, 3.63) is 59.7 Å². The van der Waals surface area contributed by atoms with Crippen LogP contribution in [-0.4, -0.2) is 28.8 Å². The van der Waals surface area contributed by atoms with Crippen molar-refractivity contribution in [3.8, 4) is 0 Å². The van der Waals surface area contributed by atoms with E-state index in [2.05, 4.69) is 15.5 Å². The molecule has 6 nitrogen and oxygen atoms in total. The molecule has 1 aromatic heterocycles. The Balaban J connectivity index is 2.07. The first-order chi connectivity index (χ1) is 10.5. The molecule has 0 saturated heterocycles. The summed E-state index contributed by atoms with van der Waals surface area (Å²) in [6, 6.07) is 9.42. The lowest BCUT2D eigenvalue weighted by Gasteiger charge is -2.12. The molecular weight excluding hydrogens is 309 g/mol. The van der Waals surface area contributed by atoms with Crippen LogP contribution in [0.2, 0.25) is 0 Å². The molecule has 0 bridgehead atoms. The number of benzene rings is 1. The molecule has 1 heterocycles. The molecule has 0 radical (unpaired) electrons. The maximum Gasteiger partial charge on any atom is 0.356 e. The molecule has 0 aliphatic carbocycles. The summed E-state index contributed by atoms with van der Waals surface area (Å²) in [5, 5.41) is 2.34. The first-order valence-corrected chi connectivity index (χ1v) is 6.55. The summed E-state index contributed by atoms with van der Waals surface area (Å²) in [5.41, 5.74) is 2.85. The van der Waals surface area contributed by atoms with Crippen LogP contribution in [0.1, 0.15) is 20.8 Å². The number of aromatic nitrogens is 1. The van der Waals surface area contributed by atoms with E-state index in [-0.39, 0.29) is 10.8 Å². The van der Waals surface area contributed by atoms with Gasteiger partial charge in [0.25, 0.3) is 5.91 Å². The number of amides is 1. The highest BCUT2D eigenvalue weighted by Gasteiger charge is 2.16. The Morgan fingerprint density at radius 3 is 2.59 bits per heavy atom. The van der Waals surface area contributed by atoms with E-state index in [0.29, 0.717) is 5.56 Å². The summed E-state index contributed by atoms with van der Waals surface area (Å²) in [4.78, 5) is 23.4. The summed E-state index contributed by atoms with van der Waals surface area (Å²) in [5.74, 6) is -1.82. The van der Waals surface area contributed by atoms with Crippen LogP contribution in [0.3, 0.4) is 0 Å². The highest BCUT2D eigenvalue weighted by Crippen LogP contribution is 2.07. The second-order valence-electron chi connectivity index (χ2n) is 4.17. The van der Waals surface area contributed by atoms with Crippen LogP contribution < -0.4 is 10.7 Å². The second-order valence-corrected chi connectivity index (χ2v) is 4.57. The Bertz CT molecular complexity index is 715. The molecule has 2 N–H and O–H groups in total. The fourth-order valence-corrected chi connectivity index (χ4v) is 1.88. The number of nitrogens with zero attached hydrogens (tertiary/aromatic N) is 1. The minimum absolute atomic E-state index is 0.0867. The number of thiocarbonyl (C=S) groups is 1. The van der Waals surface area contributed by atoms with Gasteiger partial charge in [-0.15, -0.1) is 0 Å². The van der Waals surface area contributed by atoms with Gasteiger partial charge in [-0.1, -0.05) is 18.2 Å². The summed E-state index contributed by atoms with van der Waals surface area (Å²) >= 11 is 4.97. The lowest BCUT2D eigenvalue weighted by atomic mass is 10.2. The Labute approximate surface area is 130 Å². The summed E-state index contributed by atoms with van der Waals surface area (Å²) in [6.45, 7) is 0. The first-order valence-electron chi connectivity index (χ1n) is 6.15. The van der Waals surface area contributed by atoms with Gasteiger partial charge in [0.05, 0.1) is 13.3 Å². The Hall–Kier alpha value is -2.74. The Morgan fingerprint density at radius 2 is 1.95 bits per heavy atom. The van der Waals surface area contributed by atoms with Crippen LogP contribution in [-0.2, 0) is 4.74 Å². The number of hydrogen-bond donors (Lipinski definition) is 2. The fourth-order valence-electron chi connectivity index (χ4n) is 1.69. The minimum atomic E-state index is -0.742. The molecule has 0 aliphatic rings. The number of ether oxygens (including phenoxy) is 1. The van der Waals surface area contributed by atoms with E-state index in [1.165, 1.54) is 7.11 Å². The molecular formula is C14H12FN3O3S. The van der Waals surface area contributed by atoms with Crippen LogP contribution >= 0.6 is 12.2 Å². The third-order valence-corrected chi connectivity index (χ3v) is 2.86. The SMILES string of the molecule is COC(=O)c1cc(F)cn1NC(=S)NC(=O)c1ccccc1. The van der Waals surface area contributed by atoms with E-state index >= 15 is 0 Å². The van der Waals surface area contributed by atoms with E-state index in [9.17, 15) is 14.0 Å². The molecule has 0 fully saturated rings. The molecule has 0 unspecified atom stereocenters. The highest BCUT2D eigenvalue weighted by atomic mass is 32.1. The molecule has 0 spiro atoms. The Kier molecular flexibility index (Phi) is 4.84. The van der Waals surface area contributed by atoms with Gasteiger partial charge in [0.15, 0.2) is 10.8 Å². The van der Waals surface area contributed by atoms with Gasteiger partial charge < -0.3 is 4.74 Å². The molecule has 114 valence electrons. The van der Waals surface area contributed by atoms with Crippen molar-refractivity contribution in [1.29, 1.82) is 0 Å². The highest BCUT2D eigenvalue weighted by molar-refractivity contribution is 7.80. The molecule has 0 atom stereocenters. The van der Waals surface area contributed by atoms with E-state index < -0.39 is 17.7 Å². The first kappa shape index (κ1) is 15.6. The van der Waals surface area contributed by atoms with E-state index in [1.54, 1.807) is 30.3 Å². The van der Waals surface area contributed by atoms with Crippen LogP contribution in [0.4, 0.5) is 4.39 Å². The Morgan fingerprint density at radius 1 is 1.27 bits per heavy atom. The van der Waals surface area contributed by atoms with Gasteiger partial charge in [0, 0.05) is 11.6 Å². The average molecular weight is 321 g/mol. The van der Waals surface area contributed by atoms with Crippen molar-refractivity contribution in [2.75, 3.05) is 12.5 Å². The van der Waals surface area contributed by atoms with Gasteiger partial charge in [0.1, 0.15) is 5.82 Å². The quantitative estimate of drug-likeness (QED) is 0.665. The molecule has 8 heteroatoms. The number of carbonyl (C=O) groups excluding carboxylic acids is 2. The predicted molar refractivity (Wildman–Crippen MR) is 81.6 cm³/mol.